The van der Waals surface area contributed by atoms with Gasteiger partial charge in [-0.2, -0.15) is 0 Å². The molecule has 0 bridgehead atoms. The fourth-order valence-corrected chi connectivity index (χ4v) is 2.62. The molecule has 3 atom stereocenters. The largest absolute Gasteiger partial charge is 0.391 e. The van der Waals surface area contributed by atoms with Gasteiger partial charge < -0.3 is 15.3 Å². The van der Waals surface area contributed by atoms with Crippen molar-refractivity contribution in [2.24, 2.45) is 5.92 Å². The molecule has 0 spiro atoms. The number of likely N-dealkylation sites (tertiary alicyclic amines) is 1. The van der Waals surface area contributed by atoms with Crippen LogP contribution in [0.3, 0.4) is 0 Å². The van der Waals surface area contributed by atoms with Crippen LogP contribution in [0.25, 0.3) is 0 Å². The van der Waals surface area contributed by atoms with Crippen LogP contribution in [0.5, 0.6) is 0 Å². The van der Waals surface area contributed by atoms with Gasteiger partial charge in [-0.05, 0) is 32.6 Å². The zero-order valence-corrected chi connectivity index (χ0v) is 9.98. The monoisotopic (exact) mass is 226 g/mol. The summed E-state index contributed by atoms with van der Waals surface area (Å²) in [6.45, 7) is 4.31. The molecule has 2 unspecified atom stereocenters. The second-order valence-corrected chi connectivity index (χ2v) is 5.16. The van der Waals surface area contributed by atoms with Gasteiger partial charge in [-0.3, -0.25) is 4.79 Å². The number of piperidine rings is 2. The maximum absolute atomic E-state index is 12.2. The first-order valence-electron chi connectivity index (χ1n) is 6.37. The number of nitrogens with zero attached hydrogens (tertiary/aromatic N) is 1. The van der Waals surface area contributed by atoms with Gasteiger partial charge in [-0.1, -0.05) is 0 Å². The predicted molar refractivity (Wildman–Crippen MR) is 62.0 cm³/mol. The van der Waals surface area contributed by atoms with Crippen LogP contribution in [0.2, 0.25) is 0 Å². The molecule has 4 nitrogen and oxygen atoms in total. The van der Waals surface area contributed by atoms with Gasteiger partial charge in [-0.15, -0.1) is 0 Å². The first-order valence-corrected chi connectivity index (χ1v) is 6.37. The zero-order chi connectivity index (χ0) is 11.5. The number of hydrogen-bond acceptors (Lipinski definition) is 3. The van der Waals surface area contributed by atoms with E-state index in [-0.39, 0.29) is 17.9 Å². The number of carbonyl (C=O) groups is 1. The van der Waals surface area contributed by atoms with E-state index in [1.165, 1.54) is 0 Å². The summed E-state index contributed by atoms with van der Waals surface area (Å²) in [5, 5.41) is 12.9. The van der Waals surface area contributed by atoms with Gasteiger partial charge in [0.25, 0.3) is 0 Å². The number of rotatable bonds is 1. The molecule has 0 aromatic rings. The molecule has 2 rings (SSSR count). The lowest BCUT2D eigenvalue weighted by Gasteiger charge is -2.35. The molecule has 2 heterocycles. The average molecular weight is 226 g/mol. The highest BCUT2D eigenvalue weighted by Crippen LogP contribution is 2.19. The van der Waals surface area contributed by atoms with Gasteiger partial charge in [0.15, 0.2) is 0 Å². The van der Waals surface area contributed by atoms with Crippen LogP contribution < -0.4 is 5.32 Å². The fourth-order valence-electron chi connectivity index (χ4n) is 2.62. The number of β-amino-alcohol motifs (C(OH)–C–C–N with tert-alkyl or cyclic N) is 1. The van der Waals surface area contributed by atoms with Crippen LogP contribution in [0.4, 0.5) is 0 Å². The second-order valence-electron chi connectivity index (χ2n) is 5.16. The summed E-state index contributed by atoms with van der Waals surface area (Å²) in [6, 6.07) is 0.538. The van der Waals surface area contributed by atoms with E-state index in [2.05, 4.69) is 12.2 Å². The van der Waals surface area contributed by atoms with Crippen molar-refractivity contribution < 1.29 is 9.90 Å². The van der Waals surface area contributed by atoms with Gasteiger partial charge in [0, 0.05) is 25.7 Å². The Morgan fingerprint density at radius 2 is 2.19 bits per heavy atom. The first-order chi connectivity index (χ1) is 7.66. The Hall–Kier alpha value is -0.610. The van der Waals surface area contributed by atoms with Crippen molar-refractivity contribution in [3.05, 3.63) is 0 Å². The van der Waals surface area contributed by atoms with Crippen LogP contribution in [0.1, 0.15) is 32.6 Å². The molecule has 1 amide bonds. The Morgan fingerprint density at radius 1 is 1.38 bits per heavy atom. The SMILES string of the molecule is CC1CCC(C(=O)N2CCC[C@@H](O)C2)CN1. The molecule has 0 aliphatic carbocycles. The van der Waals surface area contributed by atoms with E-state index < -0.39 is 0 Å². The Kier molecular flexibility index (Phi) is 3.82. The van der Waals surface area contributed by atoms with Gasteiger partial charge >= 0.3 is 0 Å². The van der Waals surface area contributed by atoms with E-state index in [9.17, 15) is 9.90 Å². The topological polar surface area (TPSA) is 52.6 Å². The summed E-state index contributed by atoms with van der Waals surface area (Å²) >= 11 is 0. The van der Waals surface area contributed by atoms with E-state index in [0.29, 0.717) is 12.6 Å². The second kappa shape index (κ2) is 5.15. The number of carbonyl (C=O) groups excluding carboxylic acids is 1. The molecule has 0 aromatic heterocycles. The maximum atomic E-state index is 12.2. The highest BCUT2D eigenvalue weighted by Gasteiger charge is 2.30. The standard InChI is InChI=1S/C12H22N2O2/c1-9-4-5-10(7-13-9)12(16)14-6-2-3-11(15)8-14/h9-11,13,15H,2-8H2,1H3/t9?,10?,11-/m1/s1. The lowest BCUT2D eigenvalue weighted by atomic mass is 9.93. The normalized spacial score (nSPS) is 36.1. The molecule has 2 fully saturated rings. The van der Waals surface area contributed by atoms with Crippen molar-refractivity contribution in [3.63, 3.8) is 0 Å². The highest BCUT2D eigenvalue weighted by atomic mass is 16.3. The fraction of sp³-hybridized carbons (Fsp3) is 0.917. The molecule has 0 saturated carbocycles. The minimum Gasteiger partial charge on any atom is -0.391 e. The average Bonchev–Trinajstić information content (AvgIpc) is 2.29. The quantitative estimate of drug-likeness (QED) is 0.678. The number of hydrogen-bond donors (Lipinski definition) is 2. The lowest BCUT2D eigenvalue weighted by Crippen LogP contribution is -2.49. The van der Waals surface area contributed by atoms with Crippen molar-refractivity contribution in [1.82, 2.24) is 10.2 Å². The van der Waals surface area contributed by atoms with Crippen LogP contribution in [-0.4, -0.2) is 47.7 Å². The number of nitrogens with one attached hydrogen (secondary N) is 1. The molecule has 92 valence electrons. The molecule has 2 aliphatic heterocycles. The minimum atomic E-state index is -0.312. The molecule has 0 radical (unpaired) electrons. The Morgan fingerprint density at radius 3 is 2.81 bits per heavy atom. The number of amides is 1. The Labute approximate surface area is 97.0 Å². The number of aliphatic hydroxyl groups is 1. The zero-order valence-electron chi connectivity index (χ0n) is 9.98. The Balaban J connectivity index is 1.86. The first kappa shape index (κ1) is 11.9. The predicted octanol–water partition coefficient (Wildman–Crippen LogP) is 0.358. The molecule has 4 heteroatoms. The number of aliphatic hydroxyl groups excluding tert-OH is 1. The van der Waals surface area contributed by atoms with Gasteiger partial charge in [0.2, 0.25) is 5.91 Å². The van der Waals surface area contributed by atoms with E-state index in [4.69, 9.17) is 0 Å². The van der Waals surface area contributed by atoms with Crippen molar-refractivity contribution in [3.8, 4) is 0 Å². The third kappa shape index (κ3) is 2.74. The third-order valence-corrected chi connectivity index (χ3v) is 3.72. The molecule has 2 aliphatic rings. The highest BCUT2D eigenvalue weighted by molar-refractivity contribution is 5.79. The summed E-state index contributed by atoms with van der Waals surface area (Å²) in [4.78, 5) is 14.0. The van der Waals surface area contributed by atoms with Crippen LogP contribution in [0.15, 0.2) is 0 Å². The van der Waals surface area contributed by atoms with Gasteiger partial charge in [0.1, 0.15) is 0 Å². The van der Waals surface area contributed by atoms with Crippen molar-refractivity contribution in [2.45, 2.75) is 44.8 Å². The summed E-state index contributed by atoms with van der Waals surface area (Å²) in [5.74, 6) is 0.361. The van der Waals surface area contributed by atoms with E-state index in [1.807, 2.05) is 4.90 Å². The van der Waals surface area contributed by atoms with Crippen molar-refractivity contribution >= 4 is 5.91 Å². The van der Waals surface area contributed by atoms with Crippen molar-refractivity contribution in [2.75, 3.05) is 19.6 Å². The Bertz CT molecular complexity index is 249. The molecular formula is C12H22N2O2. The van der Waals surface area contributed by atoms with Crippen LogP contribution in [0, 0.1) is 5.92 Å². The smallest absolute Gasteiger partial charge is 0.227 e. The molecule has 2 N–H and O–H groups in total. The summed E-state index contributed by atoms with van der Waals surface area (Å²) < 4.78 is 0. The van der Waals surface area contributed by atoms with Crippen molar-refractivity contribution in [1.29, 1.82) is 0 Å². The molecule has 2 saturated heterocycles. The van der Waals surface area contributed by atoms with E-state index in [1.54, 1.807) is 0 Å². The molecule has 0 aromatic carbocycles. The van der Waals surface area contributed by atoms with Gasteiger partial charge in [0.05, 0.1) is 12.0 Å². The molecular weight excluding hydrogens is 204 g/mol. The lowest BCUT2D eigenvalue weighted by molar-refractivity contribution is -0.139. The van der Waals surface area contributed by atoms with E-state index in [0.717, 1.165) is 38.8 Å². The summed E-state index contributed by atoms with van der Waals surface area (Å²) in [7, 11) is 0. The van der Waals surface area contributed by atoms with Gasteiger partial charge in [-0.25, -0.2) is 0 Å². The van der Waals surface area contributed by atoms with E-state index >= 15 is 0 Å². The summed E-state index contributed by atoms with van der Waals surface area (Å²) in [5.41, 5.74) is 0. The third-order valence-electron chi connectivity index (χ3n) is 3.72. The summed E-state index contributed by atoms with van der Waals surface area (Å²) in [6.07, 6.45) is 3.52. The minimum absolute atomic E-state index is 0.126. The molecule has 16 heavy (non-hydrogen) atoms. The van der Waals surface area contributed by atoms with Crippen LogP contribution >= 0.6 is 0 Å². The van der Waals surface area contributed by atoms with Crippen LogP contribution in [-0.2, 0) is 4.79 Å². The maximum Gasteiger partial charge on any atom is 0.227 e.